The third-order valence-electron chi connectivity index (χ3n) is 6.86. The van der Waals surface area contributed by atoms with Crippen LogP contribution in [0.25, 0.3) is 34.4 Å². The van der Waals surface area contributed by atoms with Crippen molar-refractivity contribution in [3.8, 4) is 28.0 Å². The molecule has 0 spiro atoms. The van der Waals surface area contributed by atoms with Crippen LogP contribution in [0.4, 0.5) is 13.2 Å². The summed E-state index contributed by atoms with van der Waals surface area (Å²) >= 11 is 0. The number of hydrogen-bond donors (Lipinski definition) is 0. The minimum atomic E-state index is -0.878. The van der Waals surface area contributed by atoms with E-state index in [-0.39, 0.29) is 16.9 Å². The maximum atomic E-state index is 15.0. The molecule has 0 saturated carbocycles. The number of halogens is 3. The minimum Gasteiger partial charge on any atom is -0.493 e. The van der Waals surface area contributed by atoms with E-state index in [4.69, 9.17) is 4.74 Å². The van der Waals surface area contributed by atoms with Gasteiger partial charge >= 0.3 is 0 Å². The van der Waals surface area contributed by atoms with Crippen LogP contribution in [0.1, 0.15) is 62.1 Å². The lowest BCUT2D eigenvalue weighted by atomic mass is 9.97. The fourth-order valence-electron chi connectivity index (χ4n) is 4.49. The predicted octanol–water partition coefficient (Wildman–Crippen LogP) is 10.7. The van der Waals surface area contributed by atoms with Gasteiger partial charge in [0.2, 0.25) is 0 Å². The molecule has 0 saturated heterocycles. The van der Waals surface area contributed by atoms with Gasteiger partial charge in [0.15, 0.2) is 11.6 Å². The summed E-state index contributed by atoms with van der Waals surface area (Å²) in [6.45, 7) is 4.74. The number of unbranched alkanes of at least 4 members (excludes halogenated alkanes) is 5. The molecule has 39 heavy (non-hydrogen) atoms. The Morgan fingerprint density at radius 3 is 1.85 bits per heavy atom. The third-order valence-corrected chi connectivity index (χ3v) is 6.86. The molecule has 0 atom stereocenters. The first-order chi connectivity index (χ1) is 19.0. The highest BCUT2D eigenvalue weighted by Gasteiger charge is 2.16. The lowest BCUT2D eigenvalue weighted by molar-refractivity contribution is 0.303. The summed E-state index contributed by atoms with van der Waals surface area (Å²) in [4.78, 5) is 0. The van der Waals surface area contributed by atoms with E-state index in [1.807, 2.05) is 19.1 Å². The van der Waals surface area contributed by atoms with Crippen molar-refractivity contribution in [2.45, 2.75) is 52.4 Å². The first kappa shape index (κ1) is 28.2. The zero-order valence-electron chi connectivity index (χ0n) is 22.7. The summed E-state index contributed by atoms with van der Waals surface area (Å²) in [5.74, 6) is -1.56. The summed E-state index contributed by atoms with van der Waals surface area (Å²) in [6.07, 6.45) is 10.5. The van der Waals surface area contributed by atoms with Crippen LogP contribution in [0, 0.1) is 24.4 Å². The van der Waals surface area contributed by atoms with E-state index in [1.54, 1.807) is 72.8 Å². The lowest BCUT2D eigenvalue weighted by Crippen LogP contribution is -1.98. The molecule has 0 bridgehead atoms. The second kappa shape index (κ2) is 13.8. The van der Waals surface area contributed by atoms with Crippen LogP contribution < -0.4 is 4.74 Å². The predicted molar refractivity (Wildman–Crippen MR) is 156 cm³/mol. The van der Waals surface area contributed by atoms with Crippen LogP contribution in [-0.4, -0.2) is 6.61 Å². The van der Waals surface area contributed by atoms with Crippen molar-refractivity contribution in [2.24, 2.45) is 0 Å². The average Bonchev–Trinajstić information content (AvgIpc) is 2.94. The zero-order valence-corrected chi connectivity index (χ0v) is 22.7. The molecule has 0 unspecified atom stereocenters. The Labute approximate surface area is 230 Å². The standard InChI is InChI=1S/C35H35F3O/c1-3-4-5-6-7-8-23-39-30-20-19-29(33(36)24-30)18-13-26-11-16-28(17-12-26)32-22-21-31(34(37)35(32)38)27-14-9-25(2)10-15-27/h9-22,24H,3-8,23H2,1-2H3/b18-13+. The summed E-state index contributed by atoms with van der Waals surface area (Å²) in [7, 11) is 0. The fraction of sp³-hybridized carbons (Fsp3) is 0.257. The maximum absolute atomic E-state index is 15.0. The maximum Gasteiger partial charge on any atom is 0.167 e. The molecule has 0 amide bonds. The summed E-state index contributed by atoms with van der Waals surface area (Å²) in [6, 6.07) is 22.5. The van der Waals surface area contributed by atoms with Gasteiger partial charge in [-0.1, -0.05) is 117 Å². The SMILES string of the molecule is CCCCCCCCOc1ccc(/C=C/c2ccc(-c3ccc(-c4ccc(C)cc4)c(F)c3F)cc2)c(F)c1. The molecule has 0 aliphatic rings. The molecule has 4 aromatic rings. The number of rotatable bonds is 12. The van der Waals surface area contributed by atoms with E-state index in [1.165, 1.54) is 31.7 Å². The second-order valence-electron chi connectivity index (χ2n) is 9.91. The third kappa shape index (κ3) is 7.63. The van der Waals surface area contributed by atoms with Crippen molar-refractivity contribution >= 4 is 12.2 Å². The van der Waals surface area contributed by atoms with Crippen molar-refractivity contribution in [2.75, 3.05) is 6.61 Å². The van der Waals surface area contributed by atoms with Crippen LogP contribution in [0.3, 0.4) is 0 Å². The topological polar surface area (TPSA) is 9.23 Å². The number of hydrogen-bond acceptors (Lipinski definition) is 1. The Hall–Kier alpha value is -3.79. The fourth-order valence-corrected chi connectivity index (χ4v) is 4.49. The highest BCUT2D eigenvalue weighted by molar-refractivity contribution is 5.75. The van der Waals surface area contributed by atoms with Crippen LogP contribution >= 0.6 is 0 Å². The highest BCUT2D eigenvalue weighted by atomic mass is 19.2. The van der Waals surface area contributed by atoms with Crippen molar-refractivity contribution in [1.29, 1.82) is 0 Å². The van der Waals surface area contributed by atoms with Crippen molar-refractivity contribution in [3.05, 3.63) is 113 Å². The van der Waals surface area contributed by atoms with Gasteiger partial charge < -0.3 is 4.74 Å². The minimum absolute atomic E-state index is 0.196. The monoisotopic (exact) mass is 528 g/mol. The molecule has 4 aromatic carbocycles. The molecule has 4 heteroatoms. The molecule has 0 aromatic heterocycles. The zero-order chi connectivity index (χ0) is 27.6. The van der Waals surface area contributed by atoms with E-state index >= 15 is 0 Å². The van der Waals surface area contributed by atoms with Crippen LogP contribution in [0.15, 0.2) is 78.9 Å². The molecule has 4 rings (SSSR count). The van der Waals surface area contributed by atoms with Gasteiger partial charge in [-0.15, -0.1) is 0 Å². The van der Waals surface area contributed by atoms with Gasteiger partial charge in [0.05, 0.1) is 6.61 Å². The molecule has 0 fully saturated rings. The normalized spacial score (nSPS) is 11.3. The smallest absolute Gasteiger partial charge is 0.167 e. The van der Waals surface area contributed by atoms with Crippen molar-refractivity contribution in [3.63, 3.8) is 0 Å². The van der Waals surface area contributed by atoms with Crippen LogP contribution in [-0.2, 0) is 0 Å². The van der Waals surface area contributed by atoms with Gasteiger partial charge in [0.25, 0.3) is 0 Å². The van der Waals surface area contributed by atoms with E-state index in [0.717, 1.165) is 24.0 Å². The van der Waals surface area contributed by atoms with Gasteiger partial charge in [0, 0.05) is 22.8 Å². The van der Waals surface area contributed by atoms with Crippen LogP contribution in [0.5, 0.6) is 5.75 Å². The molecule has 0 heterocycles. The number of benzene rings is 4. The Balaban J connectivity index is 1.37. The first-order valence-electron chi connectivity index (χ1n) is 13.7. The average molecular weight is 529 g/mol. The second-order valence-corrected chi connectivity index (χ2v) is 9.91. The Morgan fingerprint density at radius 2 is 1.23 bits per heavy atom. The van der Waals surface area contributed by atoms with Gasteiger partial charge in [-0.2, -0.15) is 0 Å². The lowest BCUT2D eigenvalue weighted by Gasteiger charge is -2.10. The quantitative estimate of drug-likeness (QED) is 0.131. The van der Waals surface area contributed by atoms with Crippen molar-refractivity contribution < 1.29 is 17.9 Å². The van der Waals surface area contributed by atoms with E-state index in [0.29, 0.717) is 29.0 Å². The highest BCUT2D eigenvalue weighted by Crippen LogP contribution is 2.32. The molecule has 0 radical (unpaired) electrons. The molecule has 0 aliphatic heterocycles. The van der Waals surface area contributed by atoms with Crippen molar-refractivity contribution in [1.82, 2.24) is 0 Å². The molecule has 1 nitrogen and oxygen atoms in total. The Bertz CT molecular complexity index is 1390. The van der Waals surface area contributed by atoms with E-state index in [2.05, 4.69) is 6.92 Å². The van der Waals surface area contributed by atoms with Gasteiger partial charge in [-0.05, 0) is 42.2 Å². The Morgan fingerprint density at radius 1 is 0.641 bits per heavy atom. The summed E-state index contributed by atoms with van der Waals surface area (Å²) < 4.78 is 50.2. The molecule has 0 N–H and O–H groups in total. The number of ether oxygens (including phenoxy) is 1. The van der Waals surface area contributed by atoms with Gasteiger partial charge in [-0.3, -0.25) is 0 Å². The van der Waals surface area contributed by atoms with Crippen LogP contribution in [0.2, 0.25) is 0 Å². The van der Waals surface area contributed by atoms with Gasteiger partial charge in [0.1, 0.15) is 11.6 Å². The molecule has 202 valence electrons. The number of aryl methyl sites for hydroxylation is 1. The van der Waals surface area contributed by atoms with E-state index < -0.39 is 11.6 Å². The molecule has 0 aliphatic carbocycles. The Kier molecular flexibility index (Phi) is 10.0. The first-order valence-corrected chi connectivity index (χ1v) is 13.7. The molecular weight excluding hydrogens is 493 g/mol. The summed E-state index contributed by atoms with van der Waals surface area (Å²) in [5, 5.41) is 0. The van der Waals surface area contributed by atoms with E-state index in [9.17, 15) is 13.2 Å². The largest absolute Gasteiger partial charge is 0.493 e. The molecular formula is C35H35F3O. The van der Waals surface area contributed by atoms with Gasteiger partial charge in [-0.25, -0.2) is 13.2 Å². The summed E-state index contributed by atoms with van der Waals surface area (Å²) in [5.41, 5.74) is 3.95.